The van der Waals surface area contributed by atoms with Gasteiger partial charge in [-0.15, -0.1) is 0 Å². The largest absolute Gasteiger partial charge is 0.452 e. The van der Waals surface area contributed by atoms with Crippen molar-refractivity contribution in [2.75, 3.05) is 18.5 Å². The number of halogens is 1. The van der Waals surface area contributed by atoms with Crippen LogP contribution < -0.4 is 5.32 Å². The highest BCUT2D eigenvalue weighted by atomic mass is 19.1. The molecule has 0 saturated heterocycles. The molecule has 0 saturated carbocycles. The van der Waals surface area contributed by atoms with E-state index >= 15 is 0 Å². The predicted octanol–water partition coefficient (Wildman–Crippen LogP) is 3.12. The lowest BCUT2D eigenvalue weighted by molar-refractivity contribution is -0.142. The lowest BCUT2D eigenvalue weighted by Crippen LogP contribution is -2.50. The smallest absolute Gasteiger partial charge is 0.338 e. The summed E-state index contributed by atoms with van der Waals surface area (Å²) in [6.07, 6.45) is 0. The predicted molar refractivity (Wildman–Crippen MR) is 108 cm³/mol. The first-order chi connectivity index (χ1) is 14.1. The molecule has 0 aliphatic carbocycles. The van der Waals surface area contributed by atoms with Gasteiger partial charge in [0.25, 0.3) is 5.91 Å². The second-order valence-corrected chi connectivity index (χ2v) is 7.47. The zero-order chi connectivity index (χ0) is 22.3. The molecule has 1 N–H and O–H groups in total. The highest BCUT2D eigenvalue weighted by Crippen LogP contribution is 2.15. The molecule has 2 rings (SSSR count). The summed E-state index contributed by atoms with van der Waals surface area (Å²) in [7, 11) is 0. The number of hydrogen-bond acceptors (Lipinski definition) is 5. The fraction of sp³-hybridized carbons (Fsp3) is 0.273. The van der Waals surface area contributed by atoms with Gasteiger partial charge in [-0.2, -0.15) is 5.26 Å². The number of nitrogens with one attached hydrogen (secondary N) is 1. The zero-order valence-electron chi connectivity index (χ0n) is 16.9. The molecule has 0 bridgehead atoms. The summed E-state index contributed by atoms with van der Waals surface area (Å²) >= 11 is 0. The van der Waals surface area contributed by atoms with Crippen molar-refractivity contribution in [2.45, 2.75) is 26.3 Å². The highest BCUT2D eigenvalue weighted by molar-refractivity contribution is 5.96. The van der Waals surface area contributed by atoms with Crippen molar-refractivity contribution in [1.82, 2.24) is 4.90 Å². The molecule has 8 heteroatoms. The number of amides is 2. The van der Waals surface area contributed by atoms with E-state index in [-0.39, 0.29) is 12.1 Å². The molecule has 7 nitrogen and oxygen atoms in total. The maximum Gasteiger partial charge on any atom is 0.338 e. The van der Waals surface area contributed by atoms with Gasteiger partial charge in [0.15, 0.2) is 6.61 Å². The minimum atomic E-state index is -0.745. The summed E-state index contributed by atoms with van der Waals surface area (Å²) in [5.74, 6) is -2.20. The Kier molecular flexibility index (Phi) is 7.26. The molecule has 0 aliphatic heterocycles. The van der Waals surface area contributed by atoms with E-state index in [4.69, 9.17) is 10.00 Å². The average molecular weight is 411 g/mol. The van der Waals surface area contributed by atoms with Gasteiger partial charge in [0.05, 0.1) is 17.2 Å². The fourth-order valence-electron chi connectivity index (χ4n) is 2.58. The third kappa shape index (κ3) is 6.41. The van der Waals surface area contributed by atoms with E-state index < -0.39 is 35.7 Å². The van der Waals surface area contributed by atoms with Gasteiger partial charge in [-0.05, 0) is 63.2 Å². The minimum absolute atomic E-state index is 0.151. The first-order valence-electron chi connectivity index (χ1n) is 9.13. The summed E-state index contributed by atoms with van der Waals surface area (Å²) in [6.45, 7) is 4.40. The lowest BCUT2D eigenvalue weighted by atomic mass is 10.1. The normalized spacial score (nSPS) is 10.6. The van der Waals surface area contributed by atoms with Gasteiger partial charge in [-0.3, -0.25) is 9.59 Å². The van der Waals surface area contributed by atoms with Crippen molar-refractivity contribution in [3.8, 4) is 6.07 Å². The molecule has 0 aliphatic rings. The van der Waals surface area contributed by atoms with Crippen molar-refractivity contribution < 1.29 is 23.5 Å². The molecule has 0 radical (unpaired) electrons. The van der Waals surface area contributed by atoms with Crippen LogP contribution in [-0.4, -0.2) is 41.4 Å². The zero-order valence-corrected chi connectivity index (χ0v) is 16.9. The Morgan fingerprint density at radius 1 is 1.13 bits per heavy atom. The molecule has 0 spiro atoms. The number of rotatable bonds is 6. The fourth-order valence-corrected chi connectivity index (χ4v) is 2.58. The third-order valence-corrected chi connectivity index (χ3v) is 4.09. The van der Waals surface area contributed by atoms with Crippen LogP contribution in [0.1, 0.15) is 36.7 Å². The van der Waals surface area contributed by atoms with E-state index in [0.717, 1.165) is 0 Å². The summed E-state index contributed by atoms with van der Waals surface area (Å²) in [5, 5.41) is 11.5. The molecule has 2 aromatic rings. The van der Waals surface area contributed by atoms with Gasteiger partial charge in [0, 0.05) is 11.2 Å². The van der Waals surface area contributed by atoms with Crippen LogP contribution in [-0.2, 0) is 14.3 Å². The number of ether oxygens (including phenoxy) is 1. The van der Waals surface area contributed by atoms with Crippen molar-refractivity contribution in [3.05, 3.63) is 65.5 Å². The van der Waals surface area contributed by atoms with Gasteiger partial charge in [0.1, 0.15) is 12.4 Å². The molecule has 2 aromatic carbocycles. The standard InChI is InChI=1S/C22H22FN3O4/c1-22(2,3)26(13-19(27)25-18-9-7-17(23)8-10-18)20(28)14-30-21(29)16-6-4-5-15(11-16)12-24/h4-11H,13-14H2,1-3H3,(H,25,27). The van der Waals surface area contributed by atoms with E-state index in [1.165, 1.54) is 47.4 Å². The van der Waals surface area contributed by atoms with E-state index in [2.05, 4.69) is 5.32 Å². The molecular formula is C22H22FN3O4. The van der Waals surface area contributed by atoms with E-state index in [9.17, 15) is 18.8 Å². The number of nitriles is 1. The van der Waals surface area contributed by atoms with Crippen LogP contribution in [0.3, 0.4) is 0 Å². The second-order valence-electron chi connectivity index (χ2n) is 7.47. The summed E-state index contributed by atoms with van der Waals surface area (Å²) in [5.41, 5.74) is 0.124. The Hall–Kier alpha value is -3.73. The minimum Gasteiger partial charge on any atom is -0.452 e. The van der Waals surface area contributed by atoms with Crippen LogP contribution in [0, 0.1) is 17.1 Å². The monoisotopic (exact) mass is 411 g/mol. The van der Waals surface area contributed by atoms with E-state index in [1.807, 2.05) is 6.07 Å². The van der Waals surface area contributed by atoms with Crippen LogP contribution in [0.5, 0.6) is 0 Å². The van der Waals surface area contributed by atoms with Crippen molar-refractivity contribution in [2.24, 2.45) is 0 Å². The molecule has 0 aromatic heterocycles. The number of anilines is 1. The molecule has 30 heavy (non-hydrogen) atoms. The van der Waals surface area contributed by atoms with Gasteiger partial charge in [-0.25, -0.2) is 9.18 Å². The number of hydrogen-bond donors (Lipinski definition) is 1. The highest BCUT2D eigenvalue weighted by Gasteiger charge is 2.29. The van der Waals surface area contributed by atoms with Crippen LogP contribution >= 0.6 is 0 Å². The molecule has 0 atom stereocenters. The van der Waals surface area contributed by atoms with Crippen molar-refractivity contribution >= 4 is 23.5 Å². The van der Waals surface area contributed by atoms with Crippen molar-refractivity contribution in [3.63, 3.8) is 0 Å². The number of esters is 1. The number of benzene rings is 2. The molecular weight excluding hydrogens is 389 g/mol. The Bertz CT molecular complexity index is 975. The average Bonchev–Trinajstić information content (AvgIpc) is 2.71. The Morgan fingerprint density at radius 3 is 2.40 bits per heavy atom. The molecule has 156 valence electrons. The van der Waals surface area contributed by atoms with Gasteiger partial charge in [0.2, 0.25) is 5.91 Å². The van der Waals surface area contributed by atoms with E-state index in [1.54, 1.807) is 26.8 Å². The molecule has 0 heterocycles. The van der Waals surface area contributed by atoms with Gasteiger partial charge >= 0.3 is 5.97 Å². The number of carbonyl (C=O) groups excluding carboxylic acids is 3. The molecule has 2 amide bonds. The summed E-state index contributed by atoms with van der Waals surface area (Å²) in [4.78, 5) is 38.5. The summed E-state index contributed by atoms with van der Waals surface area (Å²) < 4.78 is 18.1. The summed E-state index contributed by atoms with van der Waals surface area (Å²) in [6, 6.07) is 13.1. The van der Waals surface area contributed by atoms with E-state index in [0.29, 0.717) is 11.3 Å². The van der Waals surface area contributed by atoms with Gasteiger partial charge in [-0.1, -0.05) is 6.07 Å². The molecule has 0 fully saturated rings. The second kappa shape index (κ2) is 9.65. The Balaban J connectivity index is 2.01. The van der Waals surface area contributed by atoms with Crippen molar-refractivity contribution in [1.29, 1.82) is 5.26 Å². The van der Waals surface area contributed by atoms with Crippen LogP contribution in [0.2, 0.25) is 0 Å². The van der Waals surface area contributed by atoms with Gasteiger partial charge < -0.3 is 15.0 Å². The third-order valence-electron chi connectivity index (χ3n) is 4.09. The Labute approximate surface area is 174 Å². The lowest BCUT2D eigenvalue weighted by Gasteiger charge is -2.35. The first kappa shape index (κ1) is 22.6. The Morgan fingerprint density at radius 2 is 1.80 bits per heavy atom. The van der Waals surface area contributed by atoms with Crippen LogP contribution in [0.15, 0.2) is 48.5 Å². The number of nitrogens with zero attached hydrogens (tertiary/aromatic N) is 2. The number of carbonyl (C=O) groups is 3. The SMILES string of the molecule is CC(C)(C)N(CC(=O)Nc1ccc(F)cc1)C(=O)COC(=O)c1cccc(C#N)c1. The van der Waals surface area contributed by atoms with Crippen LogP contribution in [0.25, 0.3) is 0 Å². The topological polar surface area (TPSA) is 99.5 Å². The molecule has 0 unspecified atom stereocenters. The quantitative estimate of drug-likeness (QED) is 0.737. The first-order valence-corrected chi connectivity index (χ1v) is 9.13. The van der Waals surface area contributed by atoms with Crippen LogP contribution in [0.4, 0.5) is 10.1 Å². The maximum atomic E-state index is 13.0. The maximum absolute atomic E-state index is 13.0.